The number of carbonyl (C=O) groups excluding carboxylic acids is 1. The highest BCUT2D eigenvalue weighted by atomic mass is 19.1. The second-order valence-corrected chi connectivity index (χ2v) is 6.21. The van der Waals surface area contributed by atoms with Gasteiger partial charge in [0.15, 0.2) is 5.82 Å². The van der Waals surface area contributed by atoms with Gasteiger partial charge in [0.05, 0.1) is 11.6 Å². The largest absolute Gasteiger partial charge is 0.336 e. The fourth-order valence-corrected chi connectivity index (χ4v) is 3.14. The highest BCUT2D eigenvalue weighted by Crippen LogP contribution is 2.29. The number of nitrogens with one attached hydrogen (secondary N) is 2. The molecule has 0 aliphatic carbocycles. The number of hydrogen-bond acceptors (Lipinski definition) is 6. The van der Waals surface area contributed by atoms with Crippen molar-refractivity contribution in [3.05, 3.63) is 29.8 Å². The van der Waals surface area contributed by atoms with Crippen LogP contribution < -0.4 is 15.5 Å². The summed E-state index contributed by atoms with van der Waals surface area (Å²) in [6.07, 6.45) is 0. The Kier molecular flexibility index (Phi) is 4.10. The lowest BCUT2D eigenvalue weighted by Gasteiger charge is -2.30. The van der Waals surface area contributed by atoms with Crippen LogP contribution in [-0.2, 0) is 0 Å². The van der Waals surface area contributed by atoms with E-state index in [4.69, 9.17) is 4.52 Å². The minimum atomic E-state index is -0.464. The van der Waals surface area contributed by atoms with E-state index in [0.717, 1.165) is 13.1 Å². The quantitative estimate of drug-likeness (QED) is 0.862. The van der Waals surface area contributed by atoms with E-state index >= 15 is 0 Å². The molecule has 1 unspecified atom stereocenters. The van der Waals surface area contributed by atoms with Crippen molar-refractivity contribution < 1.29 is 13.7 Å². The lowest BCUT2D eigenvalue weighted by atomic mass is 10.1. The van der Waals surface area contributed by atoms with Crippen molar-refractivity contribution in [3.63, 3.8) is 0 Å². The van der Waals surface area contributed by atoms with Gasteiger partial charge in [-0.25, -0.2) is 9.18 Å². The Balaban J connectivity index is 1.64. The standard InChI is InChI=1S/C16H19FN6O2/c1-22-6-4-18-9-13(22)14-20-15(25-21-14)11-8-10(2-3-12(11)17)23-7-5-19-16(23)24/h2-3,8,13,18H,4-7,9H2,1H3,(H,19,24). The van der Waals surface area contributed by atoms with E-state index in [9.17, 15) is 9.18 Å². The molecule has 2 saturated heterocycles. The zero-order valence-electron chi connectivity index (χ0n) is 13.8. The summed E-state index contributed by atoms with van der Waals surface area (Å²) in [4.78, 5) is 19.9. The van der Waals surface area contributed by atoms with E-state index in [1.807, 2.05) is 7.05 Å². The molecule has 2 fully saturated rings. The number of benzene rings is 1. The highest BCUT2D eigenvalue weighted by Gasteiger charge is 2.27. The van der Waals surface area contributed by atoms with Crippen LogP contribution in [0.4, 0.5) is 14.9 Å². The van der Waals surface area contributed by atoms with E-state index in [1.165, 1.54) is 6.07 Å². The molecule has 2 aromatic rings. The van der Waals surface area contributed by atoms with Gasteiger partial charge >= 0.3 is 6.03 Å². The first-order valence-electron chi connectivity index (χ1n) is 8.23. The zero-order valence-corrected chi connectivity index (χ0v) is 13.8. The smallest absolute Gasteiger partial charge is 0.321 e. The second-order valence-electron chi connectivity index (χ2n) is 6.21. The number of likely N-dealkylation sites (N-methyl/N-ethyl adjacent to an activating group) is 1. The van der Waals surface area contributed by atoms with Crippen molar-refractivity contribution in [2.75, 3.05) is 44.7 Å². The Morgan fingerprint density at radius 1 is 1.32 bits per heavy atom. The monoisotopic (exact) mass is 346 g/mol. The second kappa shape index (κ2) is 6.41. The maximum atomic E-state index is 14.3. The number of anilines is 1. The molecule has 0 bridgehead atoms. The maximum absolute atomic E-state index is 14.3. The first-order chi connectivity index (χ1) is 12.1. The molecule has 2 N–H and O–H groups in total. The maximum Gasteiger partial charge on any atom is 0.321 e. The van der Waals surface area contributed by atoms with Crippen LogP contribution in [0, 0.1) is 5.82 Å². The molecular formula is C16H19FN6O2. The molecule has 1 atom stereocenters. The summed E-state index contributed by atoms with van der Waals surface area (Å²) in [6, 6.07) is 4.25. The van der Waals surface area contributed by atoms with Crippen molar-refractivity contribution in [2.45, 2.75) is 6.04 Å². The molecule has 2 aliphatic rings. The van der Waals surface area contributed by atoms with Gasteiger partial charge in [-0.15, -0.1) is 0 Å². The fraction of sp³-hybridized carbons (Fsp3) is 0.438. The van der Waals surface area contributed by atoms with E-state index in [2.05, 4.69) is 25.7 Å². The third-order valence-corrected chi connectivity index (χ3v) is 4.60. The molecule has 2 aliphatic heterocycles. The number of urea groups is 1. The Hall–Kier alpha value is -2.52. The number of hydrogen-bond donors (Lipinski definition) is 2. The van der Waals surface area contributed by atoms with Gasteiger partial charge in [0.25, 0.3) is 5.89 Å². The van der Waals surface area contributed by atoms with Crippen molar-refractivity contribution in [3.8, 4) is 11.5 Å². The molecule has 9 heteroatoms. The van der Waals surface area contributed by atoms with Crippen LogP contribution in [0.25, 0.3) is 11.5 Å². The van der Waals surface area contributed by atoms with E-state index in [-0.39, 0.29) is 23.5 Å². The van der Waals surface area contributed by atoms with Gasteiger partial charge in [0, 0.05) is 38.4 Å². The van der Waals surface area contributed by atoms with Gasteiger partial charge in [-0.1, -0.05) is 5.16 Å². The minimum Gasteiger partial charge on any atom is -0.336 e. The number of rotatable bonds is 3. The summed E-state index contributed by atoms with van der Waals surface area (Å²) in [5.41, 5.74) is 0.796. The topological polar surface area (TPSA) is 86.5 Å². The minimum absolute atomic E-state index is 0.0122. The number of carbonyl (C=O) groups is 1. The number of nitrogens with zero attached hydrogens (tertiary/aromatic N) is 4. The fourth-order valence-electron chi connectivity index (χ4n) is 3.14. The molecule has 4 rings (SSSR count). The van der Waals surface area contributed by atoms with Gasteiger partial charge in [-0.05, 0) is 25.2 Å². The summed E-state index contributed by atoms with van der Waals surface area (Å²) in [5, 5.41) is 10.0. The number of piperazine rings is 1. The molecule has 1 aromatic carbocycles. The Morgan fingerprint density at radius 2 is 2.20 bits per heavy atom. The lowest BCUT2D eigenvalue weighted by Crippen LogP contribution is -2.44. The normalized spacial score (nSPS) is 21.6. The van der Waals surface area contributed by atoms with Gasteiger partial charge in [0.1, 0.15) is 5.82 Å². The van der Waals surface area contributed by atoms with E-state index in [1.54, 1.807) is 17.0 Å². The van der Waals surface area contributed by atoms with E-state index in [0.29, 0.717) is 31.1 Å². The average molecular weight is 346 g/mol. The van der Waals surface area contributed by atoms with Crippen LogP contribution in [0.1, 0.15) is 11.9 Å². The van der Waals surface area contributed by atoms with Crippen molar-refractivity contribution in [1.29, 1.82) is 0 Å². The van der Waals surface area contributed by atoms with Gasteiger partial charge < -0.3 is 15.2 Å². The van der Waals surface area contributed by atoms with Crippen LogP contribution >= 0.6 is 0 Å². The third kappa shape index (κ3) is 2.96. The SMILES string of the molecule is CN1CCNCC1c1noc(-c2cc(N3CCNC3=O)ccc2F)n1. The Morgan fingerprint density at radius 3 is 2.96 bits per heavy atom. The predicted molar refractivity (Wildman–Crippen MR) is 88.7 cm³/mol. The molecule has 132 valence electrons. The average Bonchev–Trinajstić information content (AvgIpc) is 3.25. The van der Waals surface area contributed by atoms with Crippen LogP contribution in [0.3, 0.4) is 0 Å². The summed E-state index contributed by atoms with van der Waals surface area (Å²) in [6.45, 7) is 3.61. The van der Waals surface area contributed by atoms with E-state index < -0.39 is 5.82 Å². The Labute approximate surface area is 144 Å². The molecule has 2 amide bonds. The molecule has 8 nitrogen and oxygen atoms in total. The number of aromatic nitrogens is 2. The highest BCUT2D eigenvalue weighted by molar-refractivity contribution is 5.94. The third-order valence-electron chi connectivity index (χ3n) is 4.60. The molecule has 0 radical (unpaired) electrons. The Bertz CT molecular complexity index is 795. The van der Waals surface area contributed by atoms with Crippen molar-refractivity contribution >= 4 is 11.7 Å². The van der Waals surface area contributed by atoms with Gasteiger partial charge in [0.2, 0.25) is 0 Å². The summed E-state index contributed by atoms with van der Waals surface area (Å²) >= 11 is 0. The molecule has 1 aromatic heterocycles. The van der Waals surface area contributed by atoms with Crippen LogP contribution in [-0.4, -0.2) is 60.8 Å². The summed E-state index contributed by atoms with van der Waals surface area (Å²) in [7, 11) is 1.99. The van der Waals surface area contributed by atoms with Crippen LogP contribution in [0.5, 0.6) is 0 Å². The van der Waals surface area contributed by atoms with Crippen molar-refractivity contribution in [2.24, 2.45) is 0 Å². The van der Waals surface area contributed by atoms with Crippen LogP contribution in [0.15, 0.2) is 22.7 Å². The molecule has 0 spiro atoms. The first kappa shape index (κ1) is 16.0. The zero-order chi connectivity index (χ0) is 17.4. The van der Waals surface area contributed by atoms with Gasteiger partial charge in [-0.2, -0.15) is 4.98 Å². The molecule has 3 heterocycles. The number of halogens is 1. The lowest BCUT2D eigenvalue weighted by molar-refractivity contribution is 0.190. The summed E-state index contributed by atoms with van der Waals surface area (Å²) in [5.74, 6) is 0.176. The predicted octanol–water partition coefficient (Wildman–Crippen LogP) is 0.981. The summed E-state index contributed by atoms with van der Waals surface area (Å²) < 4.78 is 19.6. The van der Waals surface area contributed by atoms with Gasteiger partial charge in [-0.3, -0.25) is 9.80 Å². The molecule has 0 saturated carbocycles. The van der Waals surface area contributed by atoms with Crippen LogP contribution in [0.2, 0.25) is 0 Å². The number of amides is 2. The molecule has 25 heavy (non-hydrogen) atoms. The molecular weight excluding hydrogens is 327 g/mol. The van der Waals surface area contributed by atoms with Crippen molar-refractivity contribution in [1.82, 2.24) is 25.7 Å². The first-order valence-corrected chi connectivity index (χ1v) is 8.23.